The Hall–Kier alpha value is -1.43. The summed E-state index contributed by atoms with van der Waals surface area (Å²) in [6.07, 6.45) is 0. The third-order valence-corrected chi connectivity index (χ3v) is 3.81. The highest BCUT2D eigenvalue weighted by molar-refractivity contribution is 5.81. The van der Waals surface area contributed by atoms with E-state index in [-0.39, 0.29) is 6.04 Å². The van der Waals surface area contributed by atoms with Crippen LogP contribution in [0.3, 0.4) is 0 Å². The van der Waals surface area contributed by atoms with Gasteiger partial charge in [-0.05, 0) is 26.5 Å². The van der Waals surface area contributed by atoms with Crippen molar-refractivity contribution in [1.82, 2.24) is 10.2 Å². The van der Waals surface area contributed by atoms with Crippen LogP contribution in [-0.2, 0) is 15.1 Å². The van der Waals surface area contributed by atoms with Crippen molar-refractivity contribution < 1.29 is 14.6 Å². The van der Waals surface area contributed by atoms with Crippen LogP contribution in [0.2, 0.25) is 0 Å². The molecule has 5 nitrogen and oxygen atoms in total. The molecular formula is C16H26N2O3. The molecule has 0 aromatic heterocycles. The molecule has 2 N–H and O–H groups in total. The van der Waals surface area contributed by atoms with Crippen molar-refractivity contribution >= 4 is 5.97 Å². The number of ether oxygens (including phenoxy) is 1. The van der Waals surface area contributed by atoms with Crippen LogP contribution in [0.4, 0.5) is 0 Å². The minimum absolute atomic E-state index is 0.232. The van der Waals surface area contributed by atoms with Gasteiger partial charge in [-0.1, -0.05) is 30.3 Å². The Balaban J connectivity index is 3.10. The quantitative estimate of drug-likeness (QED) is 0.723. The molecule has 0 saturated heterocycles. The number of carboxylic acids is 1. The van der Waals surface area contributed by atoms with Crippen molar-refractivity contribution in [2.75, 3.05) is 33.9 Å². The molecule has 1 aromatic carbocycles. The number of likely N-dealkylation sites (N-methyl/N-ethyl adjacent to an activating group) is 1. The van der Waals surface area contributed by atoms with Gasteiger partial charge in [-0.3, -0.25) is 4.90 Å². The van der Waals surface area contributed by atoms with Crippen LogP contribution in [0.25, 0.3) is 0 Å². The fourth-order valence-electron chi connectivity index (χ4n) is 2.37. The largest absolute Gasteiger partial charge is 0.480 e. The second kappa shape index (κ2) is 8.12. The number of nitrogens with zero attached hydrogens (tertiary/aromatic N) is 1. The Bertz CT molecular complexity index is 436. The van der Waals surface area contributed by atoms with Crippen molar-refractivity contribution in [3.05, 3.63) is 35.9 Å². The fraction of sp³-hybridized carbons (Fsp3) is 0.562. The number of rotatable bonds is 9. The van der Waals surface area contributed by atoms with Crippen LogP contribution in [-0.4, -0.2) is 55.9 Å². The molecule has 5 heteroatoms. The molecule has 0 radical (unpaired) electrons. The first-order chi connectivity index (χ1) is 9.97. The summed E-state index contributed by atoms with van der Waals surface area (Å²) in [4.78, 5) is 14.1. The van der Waals surface area contributed by atoms with Gasteiger partial charge in [0.05, 0.1) is 6.61 Å². The minimum atomic E-state index is -1.13. The third kappa shape index (κ3) is 4.27. The molecule has 0 aliphatic carbocycles. The number of carboxylic acid groups (broad SMARTS) is 1. The van der Waals surface area contributed by atoms with Crippen molar-refractivity contribution in [2.45, 2.75) is 25.4 Å². The predicted octanol–water partition coefficient (Wildman–Crippen LogP) is 1.54. The smallest absolute Gasteiger partial charge is 0.329 e. The average molecular weight is 294 g/mol. The van der Waals surface area contributed by atoms with Gasteiger partial charge in [0, 0.05) is 26.2 Å². The van der Waals surface area contributed by atoms with Crippen molar-refractivity contribution in [3.8, 4) is 0 Å². The van der Waals surface area contributed by atoms with Crippen molar-refractivity contribution in [1.29, 1.82) is 0 Å². The van der Waals surface area contributed by atoms with Crippen molar-refractivity contribution in [2.24, 2.45) is 0 Å². The van der Waals surface area contributed by atoms with Crippen LogP contribution in [0.1, 0.15) is 19.4 Å². The standard InChI is InChI=1S/C16H26N2O3/c1-13(2)18(10-11-21-4)12-16(17-3,15(19)20)14-8-6-5-7-9-14/h5-9,13,17H,10-12H2,1-4H3,(H,19,20). The molecule has 118 valence electrons. The van der Waals surface area contributed by atoms with Gasteiger partial charge in [-0.2, -0.15) is 0 Å². The van der Waals surface area contributed by atoms with Crippen LogP contribution in [0.15, 0.2) is 30.3 Å². The van der Waals surface area contributed by atoms with E-state index in [0.717, 1.165) is 5.56 Å². The van der Waals surface area contributed by atoms with Crippen LogP contribution in [0, 0.1) is 0 Å². The molecule has 1 rings (SSSR count). The van der Waals surface area contributed by atoms with Crippen LogP contribution < -0.4 is 5.32 Å². The Kier molecular flexibility index (Phi) is 6.81. The monoisotopic (exact) mass is 294 g/mol. The van der Waals surface area contributed by atoms with E-state index < -0.39 is 11.5 Å². The summed E-state index contributed by atoms with van der Waals surface area (Å²) < 4.78 is 5.13. The number of carbonyl (C=O) groups is 1. The summed E-state index contributed by atoms with van der Waals surface area (Å²) in [6.45, 7) is 5.76. The summed E-state index contributed by atoms with van der Waals surface area (Å²) >= 11 is 0. The van der Waals surface area contributed by atoms with Crippen LogP contribution >= 0.6 is 0 Å². The zero-order valence-corrected chi connectivity index (χ0v) is 13.3. The van der Waals surface area contributed by atoms with E-state index in [1.54, 1.807) is 14.2 Å². The Morgan fingerprint density at radius 1 is 1.38 bits per heavy atom. The van der Waals surface area contributed by atoms with E-state index in [9.17, 15) is 9.90 Å². The van der Waals surface area contributed by atoms with Gasteiger partial charge >= 0.3 is 5.97 Å². The van der Waals surface area contributed by atoms with Gasteiger partial charge in [-0.25, -0.2) is 4.79 Å². The summed E-state index contributed by atoms with van der Waals surface area (Å²) in [6, 6.07) is 9.53. The van der Waals surface area contributed by atoms with E-state index in [1.807, 2.05) is 30.3 Å². The topological polar surface area (TPSA) is 61.8 Å². The number of nitrogens with one attached hydrogen (secondary N) is 1. The summed E-state index contributed by atoms with van der Waals surface area (Å²) in [5, 5.41) is 12.8. The second-order valence-electron chi connectivity index (χ2n) is 5.38. The minimum Gasteiger partial charge on any atom is -0.480 e. The van der Waals surface area contributed by atoms with Gasteiger partial charge in [0.15, 0.2) is 5.54 Å². The van der Waals surface area contributed by atoms with E-state index in [1.165, 1.54) is 0 Å². The first-order valence-corrected chi connectivity index (χ1v) is 7.18. The Labute approximate surface area is 126 Å². The molecule has 1 unspecified atom stereocenters. The van der Waals surface area contributed by atoms with Crippen molar-refractivity contribution in [3.63, 3.8) is 0 Å². The molecule has 21 heavy (non-hydrogen) atoms. The molecule has 0 aliphatic heterocycles. The lowest BCUT2D eigenvalue weighted by molar-refractivity contribution is -0.146. The van der Waals surface area contributed by atoms with Gasteiger partial charge < -0.3 is 15.2 Å². The van der Waals surface area contributed by atoms with Crippen LogP contribution in [0.5, 0.6) is 0 Å². The van der Waals surface area contributed by atoms with E-state index in [4.69, 9.17) is 4.74 Å². The van der Waals surface area contributed by atoms with Gasteiger partial charge in [0.1, 0.15) is 0 Å². The molecule has 0 aliphatic rings. The molecule has 1 aromatic rings. The summed E-state index contributed by atoms with van der Waals surface area (Å²) in [7, 11) is 3.34. The van der Waals surface area contributed by atoms with Gasteiger partial charge in [0.25, 0.3) is 0 Å². The Morgan fingerprint density at radius 3 is 2.43 bits per heavy atom. The zero-order valence-electron chi connectivity index (χ0n) is 13.3. The SMILES string of the molecule is CNC(CN(CCOC)C(C)C)(C(=O)O)c1ccccc1. The fourth-order valence-corrected chi connectivity index (χ4v) is 2.37. The molecule has 0 heterocycles. The summed E-state index contributed by atoms with van der Waals surface area (Å²) in [5.74, 6) is -0.876. The molecule has 1 atom stereocenters. The highest BCUT2D eigenvalue weighted by atomic mass is 16.5. The zero-order chi connectivity index (χ0) is 15.9. The number of hydrogen-bond acceptors (Lipinski definition) is 4. The van der Waals surface area contributed by atoms with E-state index in [2.05, 4.69) is 24.1 Å². The average Bonchev–Trinajstić information content (AvgIpc) is 2.48. The molecule has 0 fully saturated rings. The third-order valence-electron chi connectivity index (χ3n) is 3.81. The lowest BCUT2D eigenvalue weighted by Crippen LogP contribution is -2.56. The maximum absolute atomic E-state index is 12.0. The Morgan fingerprint density at radius 2 is 2.00 bits per heavy atom. The lowest BCUT2D eigenvalue weighted by atomic mass is 9.89. The number of hydrogen-bond donors (Lipinski definition) is 2. The predicted molar refractivity (Wildman–Crippen MR) is 83.4 cm³/mol. The number of methoxy groups -OCH3 is 1. The first kappa shape index (κ1) is 17.6. The molecule has 0 bridgehead atoms. The highest BCUT2D eigenvalue weighted by Gasteiger charge is 2.40. The molecule has 0 spiro atoms. The molecular weight excluding hydrogens is 268 g/mol. The molecule has 0 amide bonds. The lowest BCUT2D eigenvalue weighted by Gasteiger charge is -2.37. The van der Waals surface area contributed by atoms with Gasteiger partial charge in [0.2, 0.25) is 0 Å². The summed E-state index contributed by atoms with van der Waals surface area (Å²) in [5.41, 5.74) is -0.373. The number of aliphatic carboxylic acids is 1. The van der Waals surface area contributed by atoms with Gasteiger partial charge in [-0.15, -0.1) is 0 Å². The van der Waals surface area contributed by atoms with E-state index in [0.29, 0.717) is 19.7 Å². The second-order valence-corrected chi connectivity index (χ2v) is 5.38. The normalized spacial score (nSPS) is 14.4. The van der Waals surface area contributed by atoms with E-state index >= 15 is 0 Å². The highest BCUT2D eigenvalue weighted by Crippen LogP contribution is 2.23. The molecule has 0 saturated carbocycles. The first-order valence-electron chi connectivity index (χ1n) is 7.18. The maximum atomic E-state index is 12.0. The maximum Gasteiger partial charge on any atom is 0.329 e. The number of benzene rings is 1.